The van der Waals surface area contributed by atoms with Crippen molar-refractivity contribution in [3.8, 4) is 6.07 Å². The number of nitriles is 1. The quantitative estimate of drug-likeness (QED) is 0.216. The maximum atomic E-state index is 14.6. The average Bonchev–Trinajstić information content (AvgIpc) is 3.41. The standard InChI is InChI=1S/C27H28FN5O/c1-18(34-17-19-9-10-32(3)15-19)11-24(20-5-6-22(14-29)25(28)13-20)27(30-2)21-7-8-26-23(12-21)16-33(4)31-26/h5-8,11-13,16,19H,2,9-10,15,17H2,1,3-4H3/b18-11+,27-24+. The number of hydrogen-bond donors (Lipinski definition) is 0. The van der Waals surface area contributed by atoms with Gasteiger partial charge in [-0.3, -0.25) is 9.67 Å². The molecular weight excluding hydrogens is 429 g/mol. The molecule has 0 amide bonds. The van der Waals surface area contributed by atoms with Crippen LogP contribution in [0.25, 0.3) is 22.2 Å². The predicted molar refractivity (Wildman–Crippen MR) is 134 cm³/mol. The third-order valence-corrected chi connectivity index (χ3v) is 6.09. The third-order valence-electron chi connectivity index (χ3n) is 6.09. The minimum Gasteiger partial charge on any atom is -0.498 e. The number of aromatic nitrogens is 2. The number of aryl methyl sites for hydroxylation is 1. The first-order valence-corrected chi connectivity index (χ1v) is 11.2. The number of aliphatic imine (C=N–C) groups is 1. The number of allylic oxidation sites excluding steroid dienone is 3. The van der Waals surface area contributed by atoms with Gasteiger partial charge in [0.25, 0.3) is 0 Å². The lowest BCUT2D eigenvalue weighted by molar-refractivity contribution is 0.169. The van der Waals surface area contributed by atoms with E-state index in [-0.39, 0.29) is 5.56 Å². The zero-order valence-corrected chi connectivity index (χ0v) is 19.8. The van der Waals surface area contributed by atoms with Crippen molar-refractivity contribution in [3.63, 3.8) is 0 Å². The van der Waals surface area contributed by atoms with Gasteiger partial charge in [-0.2, -0.15) is 10.4 Å². The van der Waals surface area contributed by atoms with Gasteiger partial charge in [-0.25, -0.2) is 4.39 Å². The van der Waals surface area contributed by atoms with Gasteiger partial charge in [0.15, 0.2) is 0 Å². The van der Waals surface area contributed by atoms with Crippen LogP contribution >= 0.6 is 0 Å². The van der Waals surface area contributed by atoms with Crippen molar-refractivity contribution < 1.29 is 9.13 Å². The highest BCUT2D eigenvalue weighted by molar-refractivity contribution is 5.98. The first kappa shape index (κ1) is 23.4. The highest BCUT2D eigenvalue weighted by atomic mass is 19.1. The Kier molecular flexibility index (Phi) is 6.90. The Labute approximate surface area is 199 Å². The molecule has 7 heteroatoms. The fraction of sp³-hybridized carbons (Fsp3) is 0.296. The van der Waals surface area contributed by atoms with Gasteiger partial charge in [-0.15, -0.1) is 0 Å². The molecule has 0 saturated carbocycles. The first-order valence-electron chi connectivity index (χ1n) is 11.2. The van der Waals surface area contributed by atoms with Gasteiger partial charge in [0.1, 0.15) is 11.9 Å². The average molecular weight is 458 g/mol. The molecule has 4 rings (SSSR count). The topological polar surface area (TPSA) is 66.4 Å². The lowest BCUT2D eigenvalue weighted by Gasteiger charge is -2.15. The molecule has 0 bridgehead atoms. The largest absolute Gasteiger partial charge is 0.498 e. The van der Waals surface area contributed by atoms with E-state index in [2.05, 4.69) is 28.8 Å². The minimum atomic E-state index is -0.579. The Bertz CT molecular complexity index is 1330. The summed E-state index contributed by atoms with van der Waals surface area (Å²) in [5.41, 5.74) is 3.55. The fourth-order valence-corrected chi connectivity index (χ4v) is 4.35. The zero-order valence-electron chi connectivity index (χ0n) is 19.8. The summed E-state index contributed by atoms with van der Waals surface area (Å²) in [4.78, 5) is 6.63. The molecule has 2 aromatic carbocycles. The van der Waals surface area contributed by atoms with Crippen molar-refractivity contribution in [2.45, 2.75) is 13.3 Å². The SMILES string of the molecule is C=N/C(=C(\C=C(/C)OCC1CCN(C)C1)c1ccc(C#N)c(F)c1)c1ccc2nn(C)cc2c1. The van der Waals surface area contributed by atoms with E-state index in [1.807, 2.05) is 50.5 Å². The molecule has 0 aliphatic carbocycles. The lowest BCUT2D eigenvalue weighted by Crippen LogP contribution is -2.16. The number of fused-ring (bicyclic) bond motifs is 1. The van der Waals surface area contributed by atoms with Gasteiger partial charge in [-0.05, 0) is 69.6 Å². The molecule has 1 saturated heterocycles. The van der Waals surface area contributed by atoms with E-state index in [9.17, 15) is 4.39 Å². The van der Waals surface area contributed by atoms with Gasteiger partial charge in [0, 0.05) is 42.2 Å². The normalized spacial score (nSPS) is 17.5. The van der Waals surface area contributed by atoms with E-state index in [0.29, 0.717) is 35.1 Å². The molecular formula is C27H28FN5O. The van der Waals surface area contributed by atoms with E-state index in [0.717, 1.165) is 36.0 Å². The zero-order chi connectivity index (χ0) is 24.2. The summed E-state index contributed by atoms with van der Waals surface area (Å²) in [5.74, 6) is 0.612. The summed E-state index contributed by atoms with van der Waals surface area (Å²) in [6, 6.07) is 12.3. The second-order valence-corrected chi connectivity index (χ2v) is 8.79. The van der Waals surface area contributed by atoms with Crippen LogP contribution in [0, 0.1) is 23.1 Å². The van der Waals surface area contributed by atoms with Crippen molar-refractivity contribution in [3.05, 3.63) is 76.9 Å². The van der Waals surface area contributed by atoms with E-state index in [4.69, 9.17) is 10.00 Å². The summed E-state index contributed by atoms with van der Waals surface area (Å²) in [6.07, 6.45) is 4.91. The van der Waals surface area contributed by atoms with Gasteiger partial charge >= 0.3 is 0 Å². The molecule has 0 radical (unpaired) electrons. The maximum absolute atomic E-state index is 14.6. The van der Waals surface area contributed by atoms with Crippen LogP contribution in [0.5, 0.6) is 0 Å². The summed E-state index contributed by atoms with van der Waals surface area (Å²) in [5, 5.41) is 14.5. The highest BCUT2D eigenvalue weighted by Crippen LogP contribution is 2.32. The van der Waals surface area contributed by atoms with E-state index < -0.39 is 5.82 Å². The molecule has 6 nitrogen and oxygen atoms in total. The van der Waals surface area contributed by atoms with Crippen LogP contribution < -0.4 is 0 Å². The van der Waals surface area contributed by atoms with Gasteiger partial charge < -0.3 is 9.64 Å². The molecule has 1 aliphatic heterocycles. The van der Waals surface area contributed by atoms with Crippen LogP contribution in [0.1, 0.15) is 30.0 Å². The monoisotopic (exact) mass is 457 g/mol. The van der Waals surface area contributed by atoms with Gasteiger partial charge in [-0.1, -0.05) is 12.1 Å². The van der Waals surface area contributed by atoms with Crippen molar-refractivity contribution in [2.75, 3.05) is 26.7 Å². The number of rotatable bonds is 7. The molecule has 3 aromatic rings. The molecule has 1 aliphatic rings. The molecule has 0 N–H and O–H groups in total. The van der Waals surface area contributed by atoms with Crippen LogP contribution in [0.3, 0.4) is 0 Å². The Morgan fingerprint density at radius 2 is 2.09 bits per heavy atom. The van der Waals surface area contributed by atoms with E-state index in [1.54, 1.807) is 10.7 Å². The lowest BCUT2D eigenvalue weighted by atomic mass is 9.97. The van der Waals surface area contributed by atoms with Gasteiger partial charge in [0.05, 0.1) is 29.1 Å². The summed E-state index contributed by atoms with van der Waals surface area (Å²) >= 11 is 0. The summed E-state index contributed by atoms with van der Waals surface area (Å²) in [6.45, 7) is 8.41. The summed E-state index contributed by atoms with van der Waals surface area (Å²) in [7, 11) is 3.99. The minimum absolute atomic E-state index is 0.00436. The second kappa shape index (κ2) is 10.0. The number of nitrogens with zero attached hydrogens (tertiary/aromatic N) is 5. The molecule has 1 atom stereocenters. The highest BCUT2D eigenvalue weighted by Gasteiger charge is 2.20. The van der Waals surface area contributed by atoms with Crippen molar-refractivity contribution >= 4 is 28.9 Å². The number of halogens is 1. The van der Waals surface area contributed by atoms with E-state index in [1.165, 1.54) is 12.1 Å². The Balaban J connectivity index is 1.77. The van der Waals surface area contributed by atoms with Gasteiger partial charge in [0.2, 0.25) is 0 Å². The molecule has 1 fully saturated rings. The predicted octanol–water partition coefficient (Wildman–Crippen LogP) is 5.03. The fourth-order valence-electron chi connectivity index (χ4n) is 4.35. The van der Waals surface area contributed by atoms with Crippen LogP contribution in [0.15, 0.2) is 59.4 Å². The molecule has 2 heterocycles. The van der Waals surface area contributed by atoms with Crippen molar-refractivity contribution in [1.29, 1.82) is 5.26 Å². The Morgan fingerprint density at radius 3 is 2.76 bits per heavy atom. The number of benzene rings is 2. The molecule has 1 unspecified atom stereocenters. The third kappa shape index (κ3) is 5.08. The smallest absolute Gasteiger partial charge is 0.141 e. The number of ether oxygens (including phenoxy) is 1. The molecule has 34 heavy (non-hydrogen) atoms. The molecule has 1 aromatic heterocycles. The van der Waals surface area contributed by atoms with Crippen LogP contribution in [0.4, 0.5) is 4.39 Å². The first-order chi connectivity index (χ1) is 16.4. The number of likely N-dealkylation sites (tertiary alicyclic amines) is 1. The van der Waals surface area contributed by atoms with Crippen LogP contribution in [0.2, 0.25) is 0 Å². The Morgan fingerprint density at radius 1 is 1.29 bits per heavy atom. The van der Waals surface area contributed by atoms with Crippen LogP contribution in [-0.4, -0.2) is 48.1 Å². The second-order valence-electron chi connectivity index (χ2n) is 8.79. The van der Waals surface area contributed by atoms with Crippen LogP contribution in [-0.2, 0) is 11.8 Å². The van der Waals surface area contributed by atoms with E-state index >= 15 is 0 Å². The molecule has 174 valence electrons. The Hall–Kier alpha value is -3.76. The van der Waals surface area contributed by atoms with Crippen molar-refractivity contribution in [2.24, 2.45) is 18.0 Å². The number of hydrogen-bond acceptors (Lipinski definition) is 5. The maximum Gasteiger partial charge on any atom is 0.141 e. The summed E-state index contributed by atoms with van der Waals surface area (Å²) < 4.78 is 22.4. The van der Waals surface area contributed by atoms with Crippen molar-refractivity contribution in [1.82, 2.24) is 14.7 Å². The molecule has 0 spiro atoms.